The number of pyridine rings is 1. The number of rotatable bonds is 4. The number of fused-ring (bicyclic) bond motifs is 1. The Kier molecular flexibility index (Phi) is 4.99. The van der Waals surface area contributed by atoms with Gasteiger partial charge in [-0.1, -0.05) is 18.2 Å². The van der Waals surface area contributed by atoms with Gasteiger partial charge < -0.3 is 5.32 Å². The molecule has 0 saturated carbocycles. The number of carbonyl (C=O) groups excluding carboxylic acids is 1. The van der Waals surface area contributed by atoms with Gasteiger partial charge in [-0.3, -0.25) is 4.79 Å². The summed E-state index contributed by atoms with van der Waals surface area (Å²) >= 11 is 0. The lowest BCUT2D eigenvalue weighted by Crippen LogP contribution is -2.27. The Balaban J connectivity index is 1.46. The van der Waals surface area contributed by atoms with Gasteiger partial charge in [0.05, 0.1) is 17.3 Å². The van der Waals surface area contributed by atoms with Gasteiger partial charge in [0.25, 0.3) is 5.91 Å². The zero-order valence-corrected chi connectivity index (χ0v) is 16.7. The second kappa shape index (κ2) is 7.58. The number of aromatic nitrogens is 3. The van der Waals surface area contributed by atoms with Gasteiger partial charge in [-0.15, -0.1) is 0 Å². The first-order valence-electron chi connectivity index (χ1n) is 9.93. The van der Waals surface area contributed by atoms with Gasteiger partial charge in [-0.05, 0) is 81.3 Å². The Bertz CT molecular complexity index is 1000. The van der Waals surface area contributed by atoms with Crippen molar-refractivity contribution < 1.29 is 4.79 Å². The van der Waals surface area contributed by atoms with E-state index in [1.54, 1.807) is 16.9 Å². The topological polar surface area (TPSA) is 59.8 Å². The molecule has 2 heterocycles. The van der Waals surface area contributed by atoms with E-state index < -0.39 is 0 Å². The molecule has 5 heteroatoms. The van der Waals surface area contributed by atoms with Crippen LogP contribution >= 0.6 is 0 Å². The maximum atomic E-state index is 12.7. The quantitative estimate of drug-likeness (QED) is 0.742. The molecule has 1 unspecified atom stereocenters. The third-order valence-electron chi connectivity index (χ3n) is 5.46. The van der Waals surface area contributed by atoms with E-state index in [2.05, 4.69) is 33.6 Å². The molecule has 0 aliphatic heterocycles. The molecule has 1 atom stereocenters. The molecule has 0 spiro atoms. The summed E-state index contributed by atoms with van der Waals surface area (Å²) in [6.07, 6.45) is 6.45. The van der Waals surface area contributed by atoms with Crippen molar-refractivity contribution in [2.24, 2.45) is 0 Å². The highest BCUT2D eigenvalue weighted by molar-refractivity contribution is 5.94. The van der Waals surface area contributed by atoms with E-state index in [0.717, 1.165) is 23.4 Å². The molecular formula is C23H26N4O. The SMILES string of the molecule is Cc1cc(C)n(-c2ccc(C(=O)NC(C)c3ccc4c(c3)CCCC4)cn2)n1. The van der Waals surface area contributed by atoms with Crippen molar-refractivity contribution >= 4 is 5.91 Å². The van der Waals surface area contributed by atoms with Crippen molar-refractivity contribution in [3.63, 3.8) is 0 Å². The maximum absolute atomic E-state index is 12.7. The fraction of sp³-hybridized carbons (Fsp3) is 0.348. The lowest BCUT2D eigenvalue weighted by Gasteiger charge is -2.20. The van der Waals surface area contributed by atoms with Gasteiger partial charge in [0.1, 0.15) is 0 Å². The Hall–Kier alpha value is -2.95. The van der Waals surface area contributed by atoms with Crippen molar-refractivity contribution in [3.05, 3.63) is 76.2 Å². The fourth-order valence-electron chi connectivity index (χ4n) is 3.89. The van der Waals surface area contributed by atoms with Crippen LogP contribution in [-0.2, 0) is 12.8 Å². The number of hydrogen-bond donors (Lipinski definition) is 1. The molecule has 1 aromatic carbocycles. The highest BCUT2D eigenvalue weighted by Gasteiger charge is 2.15. The van der Waals surface area contributed by atoms with Crippen molar-refractivity contribution in [1.82, 2.24) is 20.1 Å². The van der Waals surface area contributed by atoms with Crippen LogP contribution in [0.2, 0.25) is 0 Å². The minimum Gasteiger partial charge on any atom is -0.345 e. The summed E-state index contributed by atoms with van der Waals surface area (Å²) in [4.78, 5) is 17.1. The van der Waals surface area contributed by atoms with E-state index in [0.29, 0.717) is 11.4 Å². The molecule has 1 N–H and O–H groups in total. The molecule has 144 valence electrons. The Morgan fingerprint density at radius 1 is 1.07 bits per heavy atom. The van der Waals surface area contributed by atoms with E-state index in [1.807, 2.05) is 32.9 Å². The molecule has 0 radical (unpaired) electrons. The molecule has 5 nitrogen and oxygen atoms in total. The number of nitrogens with zero attached hydrogens (tertiary/aromatic N) is 3. The van der Waals surface area contributed by atoms with Gasteiger partial charge in [0.2, 0.25) is 0 Å². The number of nitrogens with one attached hydrogen (secondary N) is 1. The summed E-state index contributed by atoms with van der Waals surface area (Å²) in [5.41, 5.74) is 6.55. The zero-order chi connectivity index (χ0) is 19.7. The zero-order valence-electron chi connectivity index (χ0n) is 16.7. The average Bonchev–Trinajstić information content (AvgIpc) is 3.05. The molecule has 4 rings (SSSR count). The van der Waals surface area contributed by atoms with Crippen LogP contribution in [0.25, 0.3) is 5.82 Å². The molecule has 2 aromatic heterocycles. The molecule has 1 aliphatic rings. The summed E-state index contributed by atoms with van der Waals surface area (Å²) in [6, 6.07) is 12.2. The van der Waals surface area contributed by atoms with Gasteiger partial charge in [0, 0.05) is 11.9 Å². The Morgan fingerprint density at radius 2 is 1.86 bits per heavy atom. The lowest BCUT2D eigenvalue weighted by molar-refractivity contribution is 0.0939. The van der Waals surface area contributed by atoms with Crippen LogP contribution in [0.5, 0.6) is 0 Å². The van der Waals surface area contributed by atoms with Crippen molar-refractivity contribution in [2.45, 2.75) is 52.5 Å². The summed E-state index contributed by atoms with van der Waals surface area (Å²) in [7, 11) is 0. The molecule has 0 fully saturated rings. The van der Waals surface area contributed by atoms with Crippen molar-refractivity contribution in [2.75, 3.05) is 0 Å². The van der Waals surface area contributed by atoms with Crippen molar-refractivity contribution in [1.29, 1.82) is 0 Å². The summed E-state index contributed by atoms with van der Waals surface area (Å²) in [5.74, 6) is 0.600. The maximum Gasteiger partial charge on any atom is 0.253 e. The normalized spacial score (nSPS) is 14.4. The highest BCUT2D eigenvalue weighted by Crippen LogP contribution is 2.25. The monoisotopic (exact) mass is 374 g/mol. The fourth-order valence-corrected chi connectivity index (χ4v) is 3.89. The van der Waals surface area contributed by atoms with E-state index in [9.17, 15) is 4.79 Å². The summed E-state index contributed by atoms with van der Waals surface area (Å²) in [5, 5.41) is 7.52. The van der Waals surface area contributed by atoms with Gasteiger partial charge in [-0.25, -0.2) is 9.67 Å². The molecular weight excluding hydrogens is 348 g/mol. The number of hydrogen-bond acceptors (Lipinski definition) is 3. The van der Waals surface area contributed by atoms with Crippen molar-refractivity contribution in [3.8, 4) is 5.82 Å². The standard InChI is InChI=1S/C23H26N4O/c1-15-12-16(2)27(26-15)22-11-10-21(14-24-22)23(28)25-17(3)19-9-8-18-6-4-5-7-20(18)13-19/h8-14,17H,4-7H2,1-3H3,(H,25,28). The van der Waals surface area contributed by atoms with E-state index in [-0.39, 0.29) is 11.9 Å². The van der Waals surface area contributed by atoms with E-state index in [4.69, 9.17) is 0 Å². The van der Waals surface area contributed by atoms with E-state index in [1.165, 1.54) is 30.4 Å². The molecule has 28 heavy (non-hydrogen) atoms. The second-order valence-corrected chi connectivity index (χ2v) is 7.67. The van der Waals surface area contributed by atoms with Crippen LogP contribution < -0.4 is 5.32 Å². The number of amides is 1. The van der Waals surface area contributed by atoms with Gasteiger partial charge in [0.15, 0.2) is 5.82 Å². The summed E-state index contributed by atoms with van der Waals surface area (Å²) in [6.45, 7) is 5.97. The first kappa shape index (κ1) is 18.4. The third-order valence-corrected chi connectivity index (χ3v) is 5.46. The molecule has 1 amide bonds. The predicted octanol–water partition coefficient (Wildman–Crippen LogP) is 4.25. The Labute approximate surface area is 165 Å². The predicted molar refractivity (Wildman–Crippen MR) is 110 cm³/mol. The van der Waals surface area contributed by atoms with Gasteiger partial charge >= 0.3 is 0 Å². The third kappa shape index (κ3) is 3.70. The molecule has 0 saturated heterocycles. The minimum atomic E-state index is -0.113. The van der Waals surface area contributed by atoms with Crippen LogP contribution in [0.3, 0.4) is 0 Å². The first-order chi connectivity index (χ1) is 13.5. The van der Waals surface area contributed by atoms with Gasteiger partial charge in [-0.2, -0.15) is 5.10 Å². The largest absolute Gasteiger partial charge is 0.345 e. The smallest absolute Gasteiger partial charge is 0.253 e. The van der Waals surface area contributed by atoms with Crippen LogP contribution in [0.4, 0.5) is 0 Å². The highest BCUT2D eigenvalue weighted by atomic mass is 16.1. The van der Waals surface area contributed by atoms with Crippen LogP contribution in [-0.4, -0.2) is 20.7 Å². The molecule has 0 bridgehead atoms. The number of carbonyl (C=O) groups is 1. The minimum absolute atomic E-state index is 0.0459. The molecule has 3 aromatic rings. The van der Waals surface area contributed by atoms with E-state index >= 15 is 0 Å². The van der Waals surface area contributed by atoms with Crippen LogP contribution in [0.1, 0.15) is 64.2 Å². The van der Waals surface area contributed by atoms with Crippen LogP contribution in [0.15, 0.2) is 42.6 Å². The lowest BCUT2D eigenvalue weighted by atomic mass is 9.89. The molecule has 1 aliphatic carbocycles. The number of aryl methyl sites for hydroxylation is 4. The number of benzene rings is 1. The summed E-state index contributed by atoms with van der Waals surface area (Å²) < 4.78 is 1.78. The Morgan fingerprint density at radius 3 is 2.54 bits per heavy atom. The second-order valence-electron chi connectivity index (χ2n) is 7.67. The average molecular weight is 374 g/mol. The first-order valence-corrected chi connectivity index (χ1v) is 9.93. The van der Waals surface area contributed by atoms with Crippen LogP contribution in [0, 0.1) is 13.8 Å².